The van der Waals surface area contributed by atoms with Crippen LogP contribution in [0.1, 0.15) is 29.7 Å². The maximum absolute atomic E-state index is 9.72. The lowest BCUT2D eigenvalue weighted by atomic mass is 10.1. The quantitative estimate of drug-likeness (QED) is 0.922. The number of aliphatic hydroxyl groups is 1. The van der Waals surface area contributed by atoms with Gasteiger partial charge in [-0.1, -0.05) is 6.07 Å². The standard InChI is InChI=1S/C16H12N2O2/c1-11(19)15-7-4-13(10-18)8-16(15)20-14-5-2-12(9-17)3-6-14/h2-8,11,19H,1H3. The third-order valence-corrected chi connectivity index (χ3v) is 2.80. The fraction of sp³-hybridized carbons (Fsp3) is 0.125. The van der Waals surface area contributed by atoms with E-state index in [-0.39, 0.29) is 0 Å². The van der Waals surface area contributed by atoms with Crippen LogP contribution in [0.5, 0.6) is 11.5 Å². The van der Waals surface area contributed by atoms with Crippen LogP contribution in [0.25, 0.3) is 0 Å². The van der Waals surface area contributed by atoms with Crippen LogP contribution >= 0.6 is 0 Å². The highest BCUT2D eigenvalue weighted by Gasteiger charge is 2.11. The fourth-order valence-corrected chi connectivity index (χ4v) is 1.76. The highest BCUT2D eigenvalue weighted by molar-refractivity contribution is 5.46. The normalized spacial score (nSPS) is 11.2. The topological polar surface area (TPSA) is 77.0 Å². The Morgan fingerprint density at radius 2 is 1.60 bits per heavy atom. The molecule has 0 amide bonds. The summed E-state index contributed by atoms with van der Waals surface area (Å²) in [6.07, 6.45) is -0.698. The van der Waals surface area contributed by atoms with Gasteiger partial charge in [0, 0.05) is 5.56 Å². The van der Waals surface area contributed by atoms with Crippen LogP contribution in [0.4, 0.5) is 0 Å². The molecule has 0 bridgehead atoms. The van der Waals surface area contributed by atoms with Gasteiger partial charge in [-0.25, -0.2) is 0 Å². The van der Waals surface area contributed by atoms with E-state index in [1.807, 2.05) is 12.1 Å². The molecular formula is C16H12N2O2. The van der Waals surface area contributed by atoms with Crippen LogP contribution in [0.2, 0.25) is 0 Å². The van der Waals surface area contributed by atoms with Crippen molar-refractivity contribution >= 4 is 0 Å². The number of nitrogens with zero attached hydrogens (tertiary/aromatic N) is 2. The van der Waals surface area contributed by atoms with Crippen molar-refractivity contribution in [3.63, 3.8) is 0 Å². The Kier molecular flexibility index (Phi) is 4.00. The van der Waals surface area contributed by atoms with Crippen LogP contribution in [-0.2, 0) is 0 Å². The third-order valence-electron chi connectivity index (χ3n) is 2.80. The van der Waals surface area contributed by atoms with E-state index in [0.717, 1.165) is 0 Å². The highest BCUT2D eigenvalue weighted by Crippen LogP contribution is 2.30. The first-order chi connectivity index (χ1) is 9.63. The lowest BCUT2D eigenvalue weighted by molar-refractivity contribution is 0.195. The highest BCUT2D eigenvalue weighted by atomic mass is 16.5. The minimum Gasteiger partial charge on any atom is -0.457 e. The molecule has 2 rings (SSSR count). The van der Waals surface area contributed by atoms with Crippen LogP contribution in [0, 0.1) is 22.7 Å². The molecule has 0 aliphatic carbocycles. The van der Waals surface area contributed by atoms with Crippen LogP contribution < -0.4 is 4.74 Å². The summed E-state index contributed by atoms with van der Waals surface area (Å²) in [5, 5.41) is 27.4. The van der Waals surface area contributed by atoms with Crippen molar-refractivity contribution in [3.8, 4) is 23.6 Å². The van der Waals surface area contributed by atoms with Gasteiger partial charge >= 0.3 is 0 Å². The maximum Gasteiger partial charge on any atom is 0.134 e. The zero-order chi connectivity index (χ0) is 14.5. The summed E-state index contributed by atoms with van der Waals surface area (Å²) in [4.78, 5) is 0. The predicted octanol–water partition coefficient (Wildman–Crippen LogP) is 3.28. The van der Waals surface area contributed by atoms with Gasteiger partial charge in [-0.2, -0.15) is 10.5 Å². The molecule has 20 heavy (non-hydrogen) atoms. The second-order valence-electron chi connectivity index (χ2n) is 4.28. The molecule has 0 heterocycles. The summed E-state index contributed by atoms with van der Waals surface area (Å²) in [7, 11) is 0. The van der Waals surface area contributed by atoms with Gasteiger partial charge in [-0.05, 0) is 43.3 Å². The molecular weight excluding hydrogens is 252 g/mol. The first-order valence-corrected chi connectivity index (χ1v) is 6.04. The van der Waals surface area contributed by atoms with Crippen LogP contribution in [-0.4, -0.2) is 5.11 Å². The number of rotatable bonds is 3. The molecule has 1 unspecified atom stereocenters. The van der Waals surface area contributed by atoms with Crippen molar-refractivity contribution in [2.75, 3.05) is 0 Å². The van der Waals surface area contributed by atoms with Crippen molar-refractivity contribution in [1.29, 1.82) is 10.5 Å². The third kappa shape index (κ3) is 2.95. The molecule has 0 aromatic heterocycles. The summed E-state index contributed by atoms with van der Waals surface area (Å²) in [6.45, 7) is 1.63. The van der Waals surface area contributed by atoms with Gasteiger partial charge in [0.15, 0.2) is 0 Å². The summed E-state index contributed by atoms with van der Waals surface area (Å²) >= 11 is 0. The second kappa shape index (κ2) is 5.88. The number of hydrogen-bond acceptors (Lipinski definition) is 4. The number of ether oxygens (including phenoxy) is 1. The summed E-state index contributed by atoms with van der Waals surface area (Å²) in [5.41, 5.74) is 1.60. The smallest absolute Gasteiger partial charge is 0.134 e. The van der Waals surface area contributed by atoms with E-state index in [9.17, 15) is 5.11 Å². The van der Waals surface area contributed by atoms with Crippen molar-refractivity contribution < 1.29 is 9.84 Å². The zero-order valence-corrected chi connectivity index (χ0v) is 10.9. The second-order valence-corrected chi connectivity index (χ2v) is 4.28. The fourth-order valence-electron chi connectivity index (χ4n) is 1.76. The molecule has 2 aromatic carbocycles. The Balaban J connectivity index is 2.36. The minimum atomic E-state index is -0.698. The molecule has 0 radical (unpaired) electrons. The molecule has 98 valence electrons. The Morgan fingerprint density at radius 1 is 1.00 bits per heavy atom. The molecule has 1 atom stereocenters. The first-order valence-electron chi connectivity index (χ1n) is 6.04. The molecule has 0 aliphatic heterocycles. The van der Waals surface area contributed by atoms with Crippen LogP contribution in [0.3, 0.4) is 0 Å². The zero-order valence-electron chi connectivity index (χ0n) is 10.9. The predicted molar refractivity (Wildman–Crippen MR) is 73.0 cm³/mol. The van der Waals surface area contributed by atoms with E-state index in [1.165, 1.54) is 0 Å². The first kappa shape index (κ1) is 13.6. The van der Waals surface area contributed by atoms with Crippen molar-refractivity contribution in [1.82, 2.24) is 0 Å². The number of benzene rings is 2. The van der Waals surface area contributed by atoms with E-state index in [1.54, 1.807) is 49.4 Å². The van der Waals surface area contributed by atoms with Crippen molar-refractivity contribution in [2.45, 2.75) is 13.0 Å². The largest absolute Gasteiger partial charge is 0.457 e. The Bertz CT molecular complexity index is 692. The Morgan fingerprint density at radius 3 is 2.15 bits per heavy atom. The van der Waals surface area contributed by atoms with E-state index in [2.05, 4.69) is 0 Å². The molecule has 0 aliphatic rings. The summed E-state index contributed by atoms with van der Waals surface area (Å²) in [5.74, 6) is 0.977. The molecule has 4 nitrogen and oxygen atoms in total. The van der Waals surface area contributed by atoms with E-state index >= 15 is 0 Å². The van der Waals surface area contributed by atoms with E-state index < -0.39 is 6.10 Å². The molecule has 0 fully saturated rings. The minimum absolute atomic E-state index is 0.434. The van der Waals surface area contributed by atoms with Gasteiger partial charge in [-0.15, -0.1) is 0 Å². The SMILES string of the molecule is CC(O)c1ccc(C#N)cc1Oc1ccc(C#N)cc1. The number of hydrogen-bond donors (Lipinski definition) is 1. The van der Waals surface area contributed by atoms with Crippen molar-refractivity contribution in [2.24, 2.45) is 0 Å². The molecule has 1 N–H and O–H groups in total. The monoisotopic (exact) mass is 264 g/mol. The average Bonchev–Trinajstić information content (AvgIpc) is 2.47. The van der Waals surface area contributed by atoms with Gasteiger partial charge in [0.2, 0.25) is 0 Å². The average molecular weight is 264 g/mol. The van der Waals surface area contributed by atoms with Gasteiger partial charge < -0.3 is 9.84 Å². The lowest BCUT2D eigenvalue weighted by Gasteiger charge is -2.13. The Hall–Kier alpha value is -2.82. The molecule has 0 saturated heterocycles. The summed E-state index contributed by atoms with van der Waals surface area (Å²) < 4.78 is 5.69. The van der Waals surface area contributed by atoms with Gasteiger partial charge in [0.05, 0.1) is 29.4 Å². The molecule has 4 heteroatoms. The molecule has 0 saturated carbocycles. The van der Waals surface area contributed by atoms with E-state index in [4.69, 9.17) is 15.3 Å². The van der Waals surface area contributed by atoms with Crippen LogP contribution in [0.15, 0.2) is 42.5 Å². The lowest BCUT2D eigenvalue weighted by Crippen LogP contribution is -1.97. The summed E-state index contributed by atoms with van der Waals surface area (Å²) in [6, 6.07) is 15.6. The van der Waals surface area contributed by atoms with Gasteiger partial charge in [0.25, 0.3) is 0 Å². The van der Waals surface area contributed by atoms with Gasteiger partial charge in [0.1, 0.15) is 11.5 Å². The number of aliphatic hydroxyl groups excluding tert-OH is 1. The number of nitriles is 2. The molecule has 0 spiro atoms. The Labute approximate surface area is 117 Å². The van der Waals surface area contributed by atoms with Crippen molar-refractivity contribution in [3.05, 3.63) is 59.2 Å². The molecule has 2 aromatic rings. The van der Waals surface area contributed by atoms with Gasteiger partial charge in [-0.3, -0.25) is 0 Å². The maximum atomic E-state index is 9.72. The van der Waals surface area contributed by atoms with E-state index in [0.29, 0.717) is 28.2 Å².